The maximum absolute atomic E-state index is 14.1. The molecule has 1 unspecified atom stereocenters. The van der Waals surface area contributed by atoms with Crippen molar-refractivity contribution in [2.24, 2.45) is 5.92 Å². The van der Waals surface area contributed by atoms with Crippen molar-refractivity contribution in [1.29, 1.82) is 0 Å². The van der Waals surface area contributed by atoms with Crippen LogP contribution in [0, 0.1) is 17.2 Å². The summed E-state index contributed by atoms with van der Waals surface area (Å²) in [6, 6.07) is 9.07. The summed E-state index contributed by atoms with van der Waals surface area (Å²) >= 11 is 5.59. The number of esters is 1. The van der Waals surface area contributed by atoms with Crippen molar-refractivity contribution in [3.05, 3.63) is 52.9 Å². The van der Waals surface area contributed by atoms with Gasteiger partial charge in [-0.05, 0) is 49.6 Å². The zero-order valence-electron chi connectivity index (χ0n) is 24.2. The third-order valence-electron chi connectivity index (χ3n) is 6.04. The molecule has 0 saturated carbocycles. The lowest BCUT2D eigenvalue weighted by Crippen LogP contribution is -2.46. The fourth-order valence-electron chi connectivity index (χ4n) is 4.15. The molecule has 3 heterocycles. The fourth-order valence-corrected chi connectivity index (χ4v) is 6.02. The third kappa shape index (κ3) is 6.59. The Kier molecular flexibility index (Phi) is 8.30. The van der Waals surface area contributed by atoms with Crippen LogP contribution in [0.5, 0.6) is 5.75 Å². The van der Waals surface area contributed by atoms with E-state index in [0.29, 0.717) is 0 Å². The monoisotopic (exact) mass is 610 g/mol. The summed E-state index contributed by atoms with van der Waals surface area (Å²) in [6.07, 6.45) is -5.74. The molecule has 41 heavy (non-hydrogen) atoms. The lowest BCUT2D eigenvalue weighted by atomic mass is 9.95. The lowest BCUT2D eigenvalue weighted by Gasteiger charge is -2.26. The summed E-state index contributed by atoms with van der Waals surface area (Å²) < 4.78 is 54.6. The van der Waals surface area contributed by atoms with Crippen LogP contribution >= 0.6 is 19.2 Å². The zero-order valence-corrected chi connectivity index (χ0v) is 23.8. The molecule has 13 nitrogen and oxygen atoms in total. The van der Waals surface area contributed by atoms with E-state index in [1.165, 1.54) is 31.3 Å². The van der Waals surface area contributed by atoms with Crippen LogP contribution in [0.4, 0.5) is 5.95 Å². The first-order valence-electron chi connectivity index (χ1n) is 13.4. The van der Waals surface area contributed by atoms with E-state index in [1.807, 2.05) is 5.38 Å². The van der Waals surface area contributed by atoms with Gasteiger partial charge < -0.3 is 34.5 Å². The Balaban J connectivity index is 1.71. The second-order valence-corrected chi connectivity index (χ2v) is 11.7. The minimum Gasteiger partial charge on any atom is -0.463 e. The largest absolute Gasteiger partial charge is 0.463 e. The number of carbonyl (C=O) groups excluding carboxylic acids is 1. The highest BCUT2D eigenvalue weighted by Gasteiger charge is 2.56. The van der Waals surface area contributed by atoms with Crippen LogP contribution in [0.2, 0.25) is 0 Å². The molecule has 1 aromatic carbocycles. The van der Waals surface area contributed by atoms with Crippen LogP contribution in [0.3, 0.4) is 0 Å². The molecule has 5 N–H and O–H groups in total. The van der Waals surface area contributed by atoms with Gasteiger partial charge in [-0.15, -0.1) is 0 Å². The van der Waals surface area contributed by atoms with Crippen molar-refractivity contribution < 1.29 is 40.8 Å². The molecule has 1 fully saturated rings. The molecule has 0 spiro atoms. The molecule has 1 saturated heterocycles. The topological polar surface area (TPSA) is 188 Å². The number of nitrogens with two attached hydrogens (primary N) is 1. The highest BCUT2D eigenvalue weighted by molar-refractivity contribution is 7.54. The molecule has 0 radical (unpaired) electrons. The summed E-state index contributed by atoms with van der Waals surface area (Å²) in [5.41, 5.74) is 2.41. The van der Waals surface area contributed by atoms with Gasteiger partial charge in [0.05, 0.1) is 32.9 Å². The summed E-state index contributed by atoms with van der Waals surface area (Å²) in [6.45, 7) is 1.53. The average Bonchev–Trinajstić information content (AvgIpc) is 3.42. The quantitative estimate of drug-likeness (QED) is 0.150. The first kappa shape index (κ1) is 27.8. The number of nitrogens with zero attached hydrogens (tertiary/aromatic N) is 2. The maximum atomic E-state index is 14.1. The molecule has 0 amide bonds. The molecular weight excluding hydrogens is 579 g/mol. The summed E-state index contributed by atoms with van der Waals surface area (Å²) in [7, 11) is -4.58. The number of halogens is 1. The van der Waals surface area contributed by atoms with Gasteiger partial charge in [0.2, 0.25) is 11.5 Å². The van der Waals surface area contributed by atoms with Crippen molar-refractivity contribution in [1.82, 2.24) is 14.5 Å². The number of nitrogen functional groups attached to an aromatic ring is 1. The normalized spacial score (nSPS) is 25.5. The number of anilines is 1. The van der Waals surface area contributed by atoms with E-state index in [4.69, 9.17) is 38.6 Å². The van der Waals surface area contributed by atoms with E-state index < -0.39 is 67.9 Å². The fraction of sp³-hybridized carbons (Fsp3) is 0.423. The number of ether oxygens (including phenoxy) is 2. The number of rotatable bonds is 10. The van der Waals surface area contributed by atoms with E-state index in [9.17, 15) is 24.4 Å². The van der Waals surface area contributed by atoms with Gasteiger partial charge in [-0.1, -0.05) is 25.1 Å². The molecule has 4 rings (SSSR count). The number of fused-ring (bicyclic) bond motifs is 1. The Morgan fingerprint density at radius 2 is 2.07 bits per heavy atom. The molecule has 2 aromatic heterocycles. The van der Waals surface area contributed by atoms with Gasteiger partial charge in [-0.25, -0.2) is 4.57 Å². The molecule has 220 valence electrons. The van der Waals surface area contributed by atoms with Crippen molar-refractivity contribution in [3.8, 4) is 17.0 Å². The van der Waals surface area contributed by atoms with Crippen LogP contribution in [-0.2, 0) is 23.4 Å². The molecule has 0 aliphatic carbocycles. The van der Waals surface area contributed by atoms with Gasteiger partial charge in [-0.3, -0.25) is 19.1 Å². The van der Waals surface area contributed by atoms with Crippen LogP contribution in [-0.4, -0.2) is 67.4 Å². The smallest absolute Gasteiger partial charge is 0.380 e. The second kappa shape index (κ2) is 12.2. The Morgan fingerprint density at radius 3 is 2.73 bits per heavy atom. The van der Waals surface area contributed by atoms with Gasteiger partial charge in [0.15, 0.2) is 11.9 Å². The molecular formula is C26H30ClN4O9P. The standard InChI is InChI=1S/C26H30ClN4O9P/c1-15(2)38-23(34)16(3)14-41(36,40-17-7-5-4-6-8-17)37-13-19-20(32)26(35,10-11-27)24(39-19)31-12-9-18-21(31)29-25(28)30-22(18)33/h4-9,12,15-16,19-20,24,32,35H,13-14H2,1-3H3,(H3,28,29,30,33)/t16-,19-,20+,24-,26?,41+/m1/s1/i13D2. The minimum atomic E-state index is -4.58. The first-order chi connectivity index (χ1) is 20.1. The second-order valence-electron chi connectivity index (χ2n) is 9.60. The van der Waals surface area contributed by atoms with E-state index in [2.05, 4.69) is 15.9 Å². The van der Waals surface area contributed by atoms with Crippen LogP contribution in [0.25, 0.3) is 11.0 Å². The number of hydrogen-bond donors (Lipinski definition) is 4. The van der Waals surface area contributed by atoms with Gasteiger partial charge in [0, 0.05) is 11.6 Å². The van der Waals surface area contributed by atoms with E-state index >= 15 is 0 Å². The number of aromatic nitrogens is 3. The first-order valence-corrected chi connectivity index (χ1v) is 14.5. The number of benzene rings is 1. The zero-order chi connectivity index (χ0) is 31.7. The summed E-state index contributed by atoms with van der Waals surface area (Å²) in [5.74, 6) is 0.226. The van der Waals surface area contributed by atoms with Crippen LogP contribution in [0.1, 0.15) is 29.7 Å². The lowest BCUT2D eigenvalue weighted by molar-refractivity contribution is -0.151. The molecule has 0 bridgehead atoms. The Bertz CT molecular complexity index is 1660. The molecule has 15 heteroatoms. The number of hydrogen-bond acceptors (Lipinski definition) is 11. The van der Waals surface area contributed by atoms with Crippen molar-refractivity contribution in [2.75, 3.05) is 18.5 Å². The number of para-hydroxylation sites is 1. The number of aromatic amines is 1. The average molecular weight is 611 g/mol. The predicted octanol–water partition coefficient (Wildman–Crippen LogP) is 2.37. The molecule has 1 aliphatic rings. The van der Waals surface area contributed by atoms with Crippen LogP contribution in [0.15, 0.2) is 47.4 Å². The summed E-state index contributed by atoms with van der Waals surface area (Å²) in [4.78, 5) is 31.3. The van der Waals surface area contributed by atoms with Gasteiger partial charge in [0.25, 0.3) is 5.56 Å². The Morgan fingerprint density at radius 1 is 1.37 bits per heavy atom. The Labute approximate surface area is 242 Å². The van der Waals surface area contributed by atoms with Crippen molar-refractivity contribution >= 4 is 42.1 Å². The Hall–Kier alpha value is -3.37. The van der Waals surface area contributed by atoms with Crippen molar-refractivity contribution in [2.45, 2.75) is 50.9 Å². The van der Waals surface area contributed by atoms with E-state index in [0.717, 1.165) is 4.57 Å². The SMILES string of the molecule is [2H]C([2H])(O[P@@](=O)(C[C@@H](C)C(=O)OC(C)C)Oc1ccccc1)[C@H]1O[C@@H](n2ccc3c(=O)[nH]c(N)nc32)C(O)(C#CCl)[C@H]1O. The number of carbonyl (C=O) groups is 1. The number of nitrogens with one attached hydrogen (secondary N) is 1. The number of H-pyrrole nitrogens is 1. The number of aliphatic hydroxyl groups excluding tert-OH is 1. The molecule has 6 atom stereocenters. The highest BCUT2D eigenvalue weighted by Crippen LogP contribution is 2.51. The van der Waals surface area contributed by atoms with Gasteiger partial charge in [0.1, 0.15) is 18.0 Å². The summed E-state index contributed by atoms with van der Waals surface area (Å²) in [5, 5.41) is 24.7. The molecule has 3 aromatic rings. The van der Waals surface area contributed by atoms with Crippen molar-refractivity contribution in [3.63, 3.8) is 0 Å². The molecule has 1 aliphatic heterocycles. The third-order valence-corrected chi connectivity index (χ3v) is 8.00. The van der Waals surface area contributed by atoms with E-state index in [1.54, 1.807) is 32.0 Å². The van der Waals surface area contributed by atoms with E-state index in [-0.39, 0.29) is 22.7 Å². The highest BCUT2D eigenvalue weighted by atomic mass is 35.5. The van der Waals surface area contributed by atoms with Gasteiger partial charge in [-0.2, -0.15) is 4.98 Å². The van der Waals surface area contributed by atoms with Gasteiger partial charge >= 0.3 is 13.6 Å². The number of aliphatic hydroxyl groups is 2. The minimum absolute atomic E-state index is 0.0409. The maximum Gasteiger partial charge on any atom is 0.380 e. The predicted molar refractivity (Wildman–Crippen MR) is 149 cm³/mol. The van der Waals surface area contributed by atoms with Crippen LogP contribution < -0.4 is 15.8 Å².